The normalized spacial score (nSPS) is 17.5. The molecule has 4 rings (SSSR count). The van der Waals surface area contributed by atoms with Gasteiger partial charge in [-0.1, -0.05) is 31.2 Å². The van der Waals surface area contributed by atoms with Gasteiger partial charge >= 0.3 is 0 Å². The predicted octanol–water partition coefficient (Wildman–Crippen LogP) is 3.89. The summed E-state index contributed by atoms with van der Waals surface area (Å²) in [5.74, 6) is 1.11. The molecular formula is C23H27N3O2S. The zero-order valence-electron chi connectivity index (χ0n) is 16.7. The molecule has 0 spiro atoms. The van der Waals surface area contributed by atoms with Crippen molar-refractivity contribution >= 4 is 29.3 Å². The smallest absolute Gasteiger partial charge is 0.251 e. The highest BCUT2D eigenvalue weighted by Crippen LogP contribution is 2.31. The molecule has 2 aromatic carbocycles. The molecule has 2 heterocycles. The first-order valence-electron chi connectivity index (χ1n) is 10.2. The molecule has 0 saturated carbocycles. The molecular weight excluding hydrogens is 382 g/mol. The van der Waals surface area contributed by atoms with Crippen LogP contribution in [0.25, 0.3) is 0 Å². The molecule has 2 aliphatic heterocycles. The Balaban J connectivity index is 1.30. The van der Waals surface area contributed by atoms with Crippen LogP contribution in [0.4, 0.5) is 5.69 Å². The quantitative estimate of drug-likeness (QED) is 0.786. The number of benzene rings is 2. The van der Waals surface area contributed by atoms with Gasteiger partial charge in [0.05, 0.1) is 11.4 Å². The fourth-order valence-corrected chi connectivity index (χ4v) is 4.54. The largest absolute Gasteiger partial charge is 0.348 e. The van der Waals surface area contributed by atoms with Gasteiger partial charge in [0.15, 0.2) is 0 Å². The van der Waals surface area contributed by atoms with Crippen molar-refractivity contribution in [1.29, 1.82) is 0 Å². The Morgan fingerprint density at radius 3 is 2.62 bits per heavy atom. The van der Waals surface area contributed by atoms with Crippen molar-refractivity contribution in [2.75, 3.05) is 24.2 Å². The van der Waals surface area contributed by atoms with Crippen molar-refractivity contribution in [3.05, 3.63) is 59.2 Å². The second kappa shape index (κ2) is 9.01. The maximum atomic E-state index is 12.5. The van der Waals surface area contributed by atoms with Gasteiger partial charge in [-0.3, -0.25) is 14.5 Å². The monoisotopic (exact) mass is 409 g/mol. The number of rotatable bonds is 5. The molecule has 1 saturated heterocycles. The second-order valence-corrected chi connectivity index (χ2v) is 9.02. The van der Waals surface area contributed by atoms with Crippen LogP contribution in [0.15, 0.2) is 47.4 Å². The van der Waals surface area contributed by atoms with Gasteiger partial charge in [0.1, 0.15) is 0 Å². The highest BCUT2D eigenvalue weighted by atomic mass is 32.2. The molecule has 1 fully saturated rings. The van der Waals surface area contributed by atoms with E-state index in [2.05, 4.69) is 46.7 Å². The van der Waals surface area contributed by atoms with E-state index in [0.29, 0.717) is 17.9 Å². The van der Waals surface area contributed by atoms with Crippen LogP contribution in [0.3, 0.4) is 0 Å². The molecule has 0 aromatic heterocycles. The van der Waals surface area contributed by atoms with Crippen molar-refractivity contribution in [3.63, 3.8) is 0 Å². The number of piperidine rings is 1. The number of hydrogen-bond donors (Lipinski definition) is 2. The average molecular weight is 410 g/mol. The number of amides is 2. The molecule has 0 radical (unpaired) electrons. The van der Waals surface area contributed by atoms with Gasteiger partial charge in [-0.25, -0.2) is 0 Å². The van der Waals surface area contributed by atoms with Crippen LogP contribution in [0.1, 0.15) is 41.3 Å². The molecule has 0 aliphatic carbocycles. The molecule has 6 heteroatoms. The van der Waals surface area contributed by atoms with Crippen molar-refractivity contribution in [2.24, 2.45) is 5.92 Å². The number of hydrogen-bond acceptors (Lipinski definition) is 4. The van der Waals surface area contributed by atoms with Gasteiger partial charge in [-0.05, 0) is 61.2 Å². The lowest BCUT2D eigenvalue weighted by Gasteiger charge is -2.30. The third-order valence-electron chi connectivity index (χ3n) is 5.63. The molecule has 5 nitrogen and oxygen atoms in total. The third kappa shape index (κ3) is 5.19. The van der Waals surface area contributed by atoms with E-state index in [1.165, 1.54) is 43.3 Å². The average Bonchev–Trinajstić information content (AvgIpc) is 2.74. The van der Waals surface area contributed by atoms with Crippen LogP contribution in [-0.4, -0.2) is 35.6 Å². The van der Waals surface area contributed by atoms with E-state index in [-0.39, 0.29) is 11.8 Å². The SMILES string of the molecule is CC1CCN(Cc2ccc(CNC(=O)c3ccc4c(c3)NC(=O)CS4)cc2)CC1. The van der Waals surface area contributed by atoms with Crippen LogP contribution in [-0.2, 0) is 17.9 Å². The van der Waals surface area contributed by atoms with Crippen molar-refractivity contribution in [1.82, 2.24) is 10.2 Å². The summed E-state index contributed by atoms with van der Waals surface area (Å²) in [6.45, 7) is 6.17. The van der Waals surface area contributed by atoms with E-state index < -0.39 is 0 Å². The number of carbonyl (C=O) groups is 2. The molecule has 2 aliphatic rings. The number of thioether (sulfide) groups is 1. The van der Waals surface area contributed by atoms with E-state index in [0.717, 1.165) is 28.6 Å². The lowest BCUT2D eigenvalue weighted by molar-refractivity contribution is -0.113. The Labute approximate surface area is 176 Å². The first kappa shape index (κ1) is 20.0. The van der Waals surface area contributed by atoms with Crippen LogP contribution in [0, 0.1) is 5.92 Å². The van der Waals surface area contributed by atoms with Gasteiger partial charge in [-0.15, -0.1) is 11.8 Å². The minimum Gasteiger partial charge on any atom is -0.348 e. The maximum Gasteiger partial charge on any atom is 0.251 e. The zero-order valence-corrected chi connectivity index (χ0v) is 17.6. The summed E-state index contributed by atoms with van der Waals surface area (Å²) in [6.07, 6.45) is 2.57. The van der Waals surface area contributed by atoms with Gasteiger partial charge in [0.2, 0.25) is 5.91 Å². The van der Waals surface area contributed by atoms with Crippen LogP contribution in [0.2, 0.25) is 0 Å². The maximum absolute atomic E-state index is 12.5. The van der Waals surface area contributed by atoms with Gasteiger partial charge < -0.3 is 10.6 Å². The standard InChI is InChI=1S/C23H27N3O2S/c1-16-8-10-26(11-9-16)14-18-4-2-17(3-5-18)13-24-23(28)19-6-7-21-20(12-19)25-22(27)15-29-21/h2-7,12,16H,8-11,13-15H2,1H3,(H,24,28)(H,25,27). The van der Waals surface area contributed by atoms with Crippen LogP contribution < -0.4 is 10.6 Å². The molecule has 2 aromatic rings. The fourth-order valence-electron chi connectivity index (χ4n) is 3.75. The highest BCUT2D eigenvalue weighted by molar-refractivity contribution is 8.00. The van der Waals surface area contributed by atoms with E-state index in [9.17, 15) is 9.59 Å². The first-order chi connectivity index (χ1) is 14.1. The van der Waals surface area contributed by atoms with E-state index in [4.69, 9.17) is 0 Å². The molecule has 2 amide bonds. The van der Waals surface area contributed by atoms with Crippen molar-refractivity contribution < 1.29 is 9.59 Å². The van der Waals surface area contributed by atoms with Crippen LogP contribution in [0.5, 0.6) is 0 Å². The Kier molecular flexibility index (Phi) is 6.21. The molecule has 0 atom stereocenters. The van der Waals surface area contributed by atoms with E-state index in [1.807, 2.05) is 6.07 Å². The summed E-state index contributed by atoms with van der Waals surface area (Å²) < 4.78 is 0. The molecule has 0 unspecified atom stereocenters. The van der Waals surface area contributed by atoms with Crippen molar-refractivity contribution in [2.45, 2.75) is 37.8 Å². The van der Waals surface area contributed by atoms with E-state index >= 15 is 0 Å². The lowest BCUT2D eigenvalue weighted by atomic mass is 9.99. The lowest BCUT2D eigenvalue weighted by Crippen LogP contribution is -2.32. The van der Waals surface area contributed by atoms with E-state index in [1.54, 1.807) is 12.1 Å². The summed E-state index contributed by atoms with van der Waals surface area (Å²) in [5, 5.41) is 5.80. The number of likely N-dealkylation sites (tertiary alicyclic amines) is 1. The third-order valence-corrected chi connectivity index (χ3v) is 6.71. The number of anilines is 1. The molecule has 152 valence electrons. The van der Waals surface area contributed by atoms with Gasteiger partial charge in [0, 0.05) is 23.5 Å². The molecule has 2 N–H and O–H groups in total. The summed E-state index contributed by atoms with van der Waals surface area (Å²) in [4.78, 5) is 27.6. The first-order valence-corrected chi connectivity index (χ1v) is 11.2. The Morgan fingerprint density at radius 2 is 1.86 bits per heavy atom. The zero-order chi connectivity index (χ0) is 20.2. The minimum absolute atomic E-state index is 0.0285. The summed E-state index contributed by atoms with van der Waals surface area (Å²) >= 11 is 1.49. The predicted molar refractivity (Wildman–Crippen MR) is 117 cm³/mol. The second-order valence-electron chi connectivity index (χ2n) is 8.01. The summed E-state index contributed by atoms with van der Waals surface area (Å²) in [5.41, 5.74) is 3.67. The number of fused-ring (bicyclic) bond motifs is 1. The number of carbonyl (C=O) groups excluding carboxylic acids is 2. The summed E-state index contributed by atoms with van der Waals surface area (Å²) in [6, 6.07) is 13.9. The summed E-state index contributed by atoms with van der Waals surface area (Å²) in [7, 11) is 0. The Bertz CT molecular complexity index is 889. The number of nitrogens with one attached hydrogen (secondary N) is 2. The minimum atomic E-state index is -0.135. The topological polar surface area (TPSA) is 61.4 Å². The molecule has 29 heavy (non-hydrogen) atoms. The van der Waals surface area contributed by atoms with Crippen LogP contribution >= 0.6 is 11.8 Å². The molecule has 0 bridgehead atoms. The Morgan fingerprint density at radius 1 is 1.14 bits per heavy atom. The van der Waals surface area contributed by atoms with Gasteiger partial charge in [0.25, 0.3) is 5.91 Å². The Hall–Kier alpha value is -2.31. The van der Waals surface area contributed by atoms with Crippen molar-refractivity contribution in [3.8, 4) is 0 Å². The fraction of sp³-hybridized carbons (Fsp3) is 0.391. The van der Waals surface area contributed by atoms with Gasteiger partial charge in [-0.2, -0.15) is 0 Å². The highest BCUT2D eigenvalue weighted by Gasteiger charge is 2.18. The number of nitrogens with zero attached hydrogens (tertiary/aromatic N) is 1.